The molecule has 0 amide bonds. The van der Waals surface area contributed by atoms with Gasteiger partial charge < -0.3 is 16.0 Å². The summed E-state index contributed by atoms with van der Waals surface area (Å²) in [6, 6.07) is 7.78. The maximum Gasteiger partial charge on any atom is 0.237 e. The van der Waals surface area contributed by atoms with E-state index in [2.05, 4.69) is 15.1 Å². The SMILES string of the molecule is Cc1ccccc1-c1noc(CSC(=N)N=C(N)N)n1. The summed E-state index contributed by atoms with van der Waals surface area (Å²) in [5.74, 6) is 1.15. The first kappa shape index (κ1) is 14.1. The van der Waals surface area contributed by atoms with Crippen LogP contribution in [0.3, 0.4) is 0 Å². The van der Waals surface area contributed by atoms with Gasteiger partial charge in [-0.1, -0.05) is 41.2 Å². The van der Waals surface area contributed by atoms with Crippen molar-refractivity contribution in [2.24, 2.45) is 16.5 Å². The van der Waals surface area contributed by atoms with Crippen LogP contribution in [0.2, 0.25) is 0 Å². The number of rotatable bonds is 3. The van der Waals surface area contributed by atoms with E-state index in [0.717, 1.165) is 22.9 Å². The van der Waals surface area contributed by atoms with Crippen LogP contribution in [0.15, 0.2) is 33.8 Å². The van der Waals surface area contributed by atoms with Crippen molar-refractivity contribution in [2.75, 3.05) is 0 Å². The topological polar surface area (TPSA) is 127 Å². The average Bonchev–Trinajstić information content (AvgIpc) is 2.85. The van der Waals surface area contributed by atoms with E-state index in [9.17, 15) is 0 Å². The van der Waals surface area contributed by atoms with Gasteiger partial charge in [0.1, 0.15) is 0 Å². The Morgan fingerprint density at radius 1 is 1.40 bits per heavy atom. The van der Waals surface area contributed by atoms with Gasteiger partial charge in [-0.2, -0.15) is 9.98 Å². The molecule has 20 heavy (non-hydrogen) atoms. The highest BCUT2D eigenvalue weighted by molar-refractivity contribution is 8.13. The Labute approximate surface area is 120 Å². The van der Waals surface area contributed by atoms with Crippen LogP contribution >= 0.6 is 11.8 Å². The van der Waals surface area contributed by atoms with E-state index < -0.39 is 0 Å². The zero-order valence-electron chi connectivity index (χ0n) is 10.8. The maximum atomic E-state index is 7.50. The van der Waals surface area contributed by atoms with Crippen LogP contribution in [0.1, 0.15) is 11.5 Å². The van der Waals surface area contributed by atoms with Crippen molar-refractivity contribution in [3.63, 3.8) is 0 Å². The minimum atomic E-state index is -0.145. The van der Waals surface area contributed by atoms with Crippen molar-refractivity contribution in [1.29, 1.82) is 5.41 Å². The molecule has 0 aliphatic carbocycles. The molecule has 0 bridgehead atoms. The monoisotopic (exact) mass is 290 g/mol. The van der Waals surface area contributed by atoms with E-state index in [1.54, 1.807) is 0 Å². The Bertz CT molecular complexity index is 647. The second-order valence-electron chi connectivity index (χ2n) is 3.96. The Kier molecular flexibility index (Phi) is 4.36. The molecule has 0 aliphatic rings. The first-order valence-electron chi connectivity index (χ1n) is 5.76. The fraction of sp³-hybridized carbons (Fsp3) is 0.167. The Balaban J connectivity index is 2.05. The predicted molar refractivity (Wildman–Crippen MR) is 79.3 cm³/mol. The Morgan fingerprint density at radius 2 is 2.15 bits per heavy atom. The number of nitrogens with one attached hydrogen (secondary N) is 1. The predicted octanol–water partition coefficient (Wildman–Crippen LogP) is 1.49. The lowest BCUT2D eigenvalue weighted by Gasteiger charge is -1.98. The molecular formula is C12H14N6OS. The van der Waals surface area contributed by atoms with Gasteiger partial charge in [0.25, 0.3) is 0 Å². The molecule has 1 aromatic heterocycles. The summed E-state index contributed by atoms with van der Waals surface area (Å²) in [6.07, 6.45) is 0. The highest BCUT2D eigenvalue weighted by Crippen LogP contribution is 2.21. The molecule has 2 rings (SSSR count). The first-order valence-corrected chi connectivity index (χ1v) is 6.74. The van der Waals surface area contributed by atoms with Crippen LogP contribution in [0.4, 0.5) is 0 Å². The third kappa shape index (κ3) is 3.58. The van der Waals surface area contributed by atoms with Gasteiger partial charge in [0.15, 0.2) is 11.1 Å². The number of aliphatic imine (C=N–C) groups is 1. The smallest absolute Gasteiger partial charge is 0.237 e. The molecule has 0 aliphatic heterocycles. The highest BCUT2D eigenvalue weighted by Gasteiger charge is 2.11. The van der Waals surface area contributed by atoms with Crippen LogP contribution in [-0.2, 0) is 5.75 Å². The van der Waals surface area contributed by atoms with Crippen molar-refractivity contribution in [1.82, 2.24) is 10.1 Å². The molecule has 5 N–H and O–H groups in total. The van der Waals surface area contributed by atoms with E-state index in [1.807, 2.05) is 31.2 Å². The number of hydrogen-bond acceptors (Lipinski definition) is 5. The van der Waals surface area contributed by atoms with Gasteiger partial charge in [0.05, 0.1) is 5.75 Å². The first-order chi connectivity index (χ1) is 9.56. The van der Waals surface area contributed by atoms with Crippen molar-refractivity contribution in [3.8, 4) is 11.4 Å². The molecule has 1 heterocycles. The number of benzene rings is 1. The van der Waals surface area contributed by atoms with Gasteiger partial charge in [-0.25, -0.2) is 0 Å². The molecule has 0 unspecified atom stereocenters. The van der Waals surface area contributed by atoms with E-state index in [0.29, 0.717) is 17.5 Å². The van der Waals surface area contributed by atoms with Crippen molar-refractivity contribution in [2.45, 2.75) is 12.7 Å². The van der Waals surface area contributed by atoms with Crippen LogP contribution in [-0.4, -0.2) is 21.3 Å². The van der Waals surface area contributed by atoms with Gasteiger partial charge in [-0.3, -0.25) is 5.41 Å². The van der Waals surface area contributed by atoms with Crippen molar-refractivity contribution < 1.29 is 4.52 Å². The fourth-order valence-corrected chi connectivity index (χ4v) is 2.07. The number of aromatic nitrogens is 2. The summed E-state index contributed by atoms with van der Waals surface area (Å²) in [5, 5.41) is 11.4. The maximum absolute atomic E-state index is 7.50. The summed E-state index contributed by atoms with van der Waals surface area (Å²) in [6.45, 7) is 1.98. The molecule has 0 fully saturated rings. The molecule has 1 aromatic carbocycles. The number of thioether (sulfide) groups is 1. The minimum absolute atomic E-state index is 0.000594. The normalized spacial score (nSPS) is 10.2. The van der Waals surface area contributed by atoms with Crippen LogP contribution in [0, 0.1) is 12.3 Å². The molecule has 0 saturated carbocycles. The number of nitrogens with two attached hydrogens (primary N) is 2. The molecule has 0 spiro atoms. The van der Waals surface area contributed by atoms with Crippen molar-refractivity contribution in [3.05, 3.63) is 35.7 Å². The lowest BCUT2D eigenvalue weighted by Crippen LogP contribution is -2.23. The summed E-state index contributed by atoms with van der Waals surface area (Å²) in [4.78, 5) is 7.89. The standard InChI is InChI=1S/C12H14N6OS/c1-7-4-2-3-5-8(7)10-16-9(19-18-10)6-20-12(15)17-11(13)14/h2-5H,6H2,1H3,(H5,13,14,15,17). The molecule has 104 valence electrons. The second kappa shape index (κ2) is 6.20. The third-order valence-electron chi connectivity index (χ3n) is 2.42. The summed E-state index contributed by atoms with van der Waals surface area (Å²) in [7, 11) is 0. The van der Waals surface area contributed by atoms with E-state index in [-0.39, 0.29) is 11.1 Å². The lowest BCUT2D eigenvalue weighted by atomic mass is 10.1. The molecule has 0 radical (unpaired) electrons. The summed E-state index contributed by atoms with van der Waals surface area (Å²) in [5.41, 5.74) is 12.4. The molecule has 7 nitrogen and oxygen atoms in total. The van der Waals surface area contributed by atoms with E-state index >= 15 is 0 Å². The van der Waals surface area contributed by atoms with Crippen LogP contribution < -0.4 is 11.5 Å². The summed E-state index contributed by atoms with van der Waals surface area (Å²) >= 11 is 1.11. The van der Waals surface area contributed by atoms with E-state index in [4.69, 9.17) is 21.4 Å². The number of guanidine groups is 1. The fourth-order valence-electron chi connectivity index (χ4n) is 1.53. The van der Waals surface area contributed by atoms with Gasteiger partial charge >= 0.3 is 0 Å². The Morgan fingerprint density at radius 3 is 2.85 bits per heavy atom. The second-order valence-corrected chi connectivity index (χ2v) is 4.92. The summed E-state index contributed by atoms with van der Waals surface area (Å²) < 4.78 is 5.14. The molecular weight excluding hydrogens is 276 g/mol. The highest BCUT2D eigenvalue weighted by atomic mass is 32.2. The van der Waals surface area contributed by atoms with Crippen molar-refractivity contribution >= 4 is 22.9 Å². The van der Waals surface area contributed by atoms with Gasteiger partial charge in [-0.15, -0.1) is 0 Å². The number of aryl methyl sites for hydroxylation is 1. The van der Waals surface area contributed by atoms with E-state index in [1.165, 1.54) is 0 Å². The largest absolute Gasteiger partial charge is 0.370 e. The average molecular weight is 290 g/mol. The quantitative estimate of drug-likeness (QED) is 0.580. The lowest BCUT2D eigenvalue weighted by molar-refractivity contribution is 0.392. The third-order valence-corrected chi connectivity index (χ3v) is 3.17. The number of amidine groups is 1. The zero-order chi connectivity index (χ0) is 14.5. The molecule has 2 aromatic rings. The molecule has 0 saturated heterocycles. The zero-order valence-corrected chi connectivity index (χ0v) is 11.6. The molecule has 8 heteroatoms. The van der Waals surface area contributed by atoms with Gasteiger partial charge in [0.2, 0.25) is 11.7 Å². The molecule has 0 atom stereocenters. The van der Waals surface area contributed by atoms with Crippen LogP contribution in [0.25, 0.3) is 11.4 Å². The Hall–Kier alpha value is -2.35. The van der Waals surface area contributed by atoms with Gasteiger partial charge in [0, 0.05) is 5.56 Å². The number of nitrogens with zero attached hydrogens (tertiary/aromatic N) is 3. The van der Waals surface area contributed by atoms with Gasteiger partial charge in [-0.05, 0) is 12.5 Å². The minimum Gasteiger partial charge on any atom is -0.370 e. The number of hydrogen-bond donors (Lipinski definition) is 3. The van der Waals surface area contributed by atoms with Crippen LogP contribution in [0.5, 0.6) is 0 Å².